The summed E-state index contributed by atoms with van der Waals surface area (Å²) in [6.07, 6.45) is 1.11. The molecule has 30 heavy (non-hydrogen) atoms. The van der Waals surface area contributed by atoms with Crippen molar-refractivity contribution in [3.63, 3.8) is 0 Å². The summed E-state index contributed by atoms with van der Waals surface area (Å²) in [6, 6.07) is 11.5. The molecule has 4 nitrogen and oxygen atoms in total. The molecule has 0 aliphatic heterocycles. The van der Waals surface area contributed by atoms with Crippen LogP contribution in [0.4, 0.5) is 0 Å². The Morgan fingerprint density at radius 1 is 1.10 bits per heavy atom. The third-order valence-corrected chi connectivity index (χ3v) is 5.49. The lowest BCUT2D eigenvalue weighted by Gasteiger charge is -2.27. The molecule has 0 heterocycles. The van der Waals surface area contributed by atoms with Crippen molar-refractivity contribution >= 4 is 40.8 Å². The van der Waals surface area contributed by atoms with E-state index in [4.69, 9.17) is 49.0 Å². The van der Waals surface area contributed by atoms with E-state index in [1.54, 1.807) is 6.42 Å². The van der Waals surface area contributed by atoms with Gasteiger partial charge in [-0.15, -0.1) is 11.6 Å². The van der Waals surface area contributed by atoms with E-state index in [9.17, 15) is 4.79 Å². The van der Waals surface area contributed by atoms with Crippen molar-refractivity contribution in [1.29, 1.82) is 0 Å². The van der Waals surface area contributed by atoms with E-state index in [2.05, 4.69) is 20.8 Å². The van der Waals surface area contributed by atoms with E-state index in [0.717, 1.165) is 16.9 Å². The van der Waals surface area contributed by atoms with Gasteiger partial charge in [-0.05, 0) is 48.7 Å². The van der Waals surface area contributed by atoms with Gasteiger partial charge in [-0.2, -0.15) is 0 Å². The number of esters is 1. The van der Waals surface area contributed by atoms with Crippen LogP contribution in [-0.4, -0.2) is 31.2 Å². The second kappa shape index (κ2) is 11.1. The van der Waals surface area contributed by atoms with Crippen LogP contribution >= 0.6 is 34.8 Å². The molecule has 0 spiro atoms. The third-order valence-electron chi connectivity index (χ3n) is 4.58. The van der Waals surface area contributed by atoms with Crippen LogP contribution in [0.1, 0.15) is 31.9 Å². The molecule has 7 heteroatoms. The van der Waals surface area contributed by atoms with Gasteiger partial charge in [0, 0.05) is 12.3 Å². The SMILES string of the molecule is [CH2][CH]COc1ccc(C(C)(C)c2cc(Cl)c(OCC(CCl)OC(C)=O)c(Cl)c2)cc1. The van der Waals surface area contributed by atoms with E-state index < -0.39 is 12.1 Å². The second-order valence-electron chi connectivity index (χ2n) is 7.21. The monoisotopic (exact) mass is 470 g/mol. The molecule has 0 amide bonds. The quantitative estimate of drug-likeness (QED) is 0.302. The highest BCUT2D eigenvalue weighted by atomic mass is 35.5. The van der Waals surface area contributed by atoms with Gasteiger partial charge in [0.05, 0.1) is 22.5 Å². The average molecular weight is 472 g/mol. The number of hydrogen-bond donors (Lipinski definition) is 0. The van der Waals surface area contributed by atoms with Gasteiger partial charge in [0.2, 0.25) is 0 Å². The standard InChI is InChI=1S/C23H25Cl3O4/c1-5-10-28-18-8-6-16(7-9-18)23(3,4)17-11-20(25)22(21(26)12-17)29-14-19(13-24)30-15(2)27/h5-9,11-12,19H,1,10,13-14H2,2-4H3. The summed E-state index contributed by atoms with van der Waals surface area (Å²) in [6.45, 7) is 9.64. The molecule has 0 aromatic heterocycles. The number of hydrogen-bond acceptors (Lipinski definition) is 4. The first kappa shape index (κ1) is 24.6. The molecule has 0 saturated carbocycles. The molecule has 0 aliphatic rings. The van der Waals surface area contributed by atoms with Gasteiger partial charge in [-0.3, -0.25) is 4.79 Å². The van der Waals surface area contributed by atoms with Crippen LogP contribution in [0, 0.1) is 13.3 Å². The Morgan fingerprint density at radius 3 is 2.20 bits per heavy atom. The van der Waals surface area contributed by atoms with Gasteiger partial charge in [0.15, 0.2) is 5.75 Å². The van der Waals surface area contributed by atoms with Gasteiger partial charge in [-0.1, -0.05) is 49.2 Å². The maximum absolute atomic E-state index is 11.1. The number of alkyl halides is 1. The van der Waals surface area contributed by atoms with E-state index in [0.29, 0.717) is 22.4 Å². The van der Waals surface area contributed by atoms with Gasteiger partial charge < -0.3 is 14.2 Å². The average Bonchev–Trinajstić information content (AvgIpc) is 2.70. The predicted octanol–water partition coefficient (Wildman–Crippen LogP) is 6.29. The molecule has 2 aromatic rings. The van der Waals surface area contributed by atoms with Crippen LogP contribution < -0.4 is 9.47 Å². The number of benzene rings is 2. The summed E-state index contributed by atoms with van der Waals surface area (Å²) < 4.78 is 16.3. The van der Waals surface area contributed by atoms with Crippen LogP contribution in [0.25, 0.3) is 0 Å². The largest absolute Gasteiger partial charge is 0.493 e. The molecule has 162 valence electrons. The summed E-state index contributed by atoms with van der Waals surface area (Å²) in [7, 11) is 0. The molecule has 0 bridgehead atoms. The van der Waals surface area contributed by atoms with Crippen molar-refractivity contribution in [2.24, 2.45) is 0 Å². The second-order valence-corrected chi connectivity index (χ2v) is 8.34. The Morgan fingerprint density at radius 2 is 1.70 bits per heavy atom. The Kier molecular flexibility index (Phi) is 9.14. The van der Waals surface area contributed by atoms with E-state index in [1.807, 2.05) is 36.4 Å². The highest BCUT2D eigenvalue weighted by Crippen LogP contribution is 2.40. The van der Waals surface area contributed by atoms with Crippen LogP contribution in [0.2, 0.25) is 10.0 Å². The maximum Gasteiger partial charge on any atom is 0.303 e. The number of halogens is 3. The maximum atomic E-state index is 11.1. The van der Waals surface area contributed by atoms with Gasteiger partial charge in [-0.25, -0.2) is 0 Å². The minimum atomic E-state index is -0.589. The summed E-state index contributed by atoms with van der Waals surface area (Å²) in [4.78, 5) is 11.1. The number of ether oxygens (including phenoxy) is 3. The topological polar surface area (TPSA) is 44.8 Å². The molecule has 1 unspecified atom stereocenters. The first-order valence-corrected chi connectivity index (χ1v) is 10.7. The molecule has 2 aromatic carbocycles. The lowest BCUT2D eigenvalue weighted by atomic mass is 9.78. The fourth-order valence-corrected chi connectivity index (χ4v) is 3.62. The highest BCUT2D eigenvalue weighted by Gasteiger charge is 2.26. The Balaban J connectivity index is 2.20. The summed E-state index contributed by atoms with van der Waals surface area (Å²) in [5.41, 5.74) is 1.64. The fraction of sp³-hybridized carbons (Fsp3) is 0.348. The zero-order valence-electron chi connectivity index (χ0n) is 17.2. The van der Waals surface area contributed by atoms with Crippen LogP contribution in [0.3, 0.4) is 0 Å². The van der Waals surface area contributed by atoms with Crippen molar-refractivity contribution in [2.75, 3.05) is 19.1 Å². The van der Waals surface area contributed by atoms with Crippen molar-refractivity contribution < 1.29 is 19.0 Å². The first-order valence-electron chi connectivity index (χ1n) is 9.38. The van der Waals surface area contributed by atoms with Crippen molar-refractivity contribution in [3.8, 4) is 11.5 Å². The zero-order valence-corrected chi connectivity index (χ0v) is 19.5. The van der Waals surface area contributed by atoms with E-state index in [1.165, 1.54) is 6.92 Å². The molecule has 0 N–H and O–H groups in total. The molecular formula is C23H25Cl3O4. The van der Waals surface area contributed by atoms with Gasteiger partial charge in [0.1, 0.15) is 18.5 Å². The minimum Gasteiger partial charge on any atom is -0.493 e. The minimum absolute atomic E-state index is 0.0530. The lowest BCUT2D eigenvalue weighted by molar-refractivity contribution is -0.146. The van der Waals surface area contributed by atoms with Crippen molar-refractivity contribution in [1.82, 2.24) is 0 Å². The zero-order chi connectivity index (χ0) is 22.3. The third kappa shape index (κ3) is 6.44. The Labute approximate surface area is 193 Å². The number of carbonyl (C=O) groups excluding carboxylic acids is 1. The summed E-state index contributed by atoms with van der Waals surface area (Å²) >= 11 is 18.7. The Bertz CT molecular complexity index is 827. The van der Waals surface area contributed by atoms with E-state index >= 15 is 0 Å². The normalized spacial score (nSPS) is 12.4. The molecular weight excluding hydrogens is 447 g/mol. The van der Waals surface area contributed by atoms with Crippen LogP contribution in [0.5, 0.6) is 11.5 Å². The van der Waals surface area contributed by atoms with E-state index in [-0.39, 0.29) is 17.9 Å². The molecule has 0 aliphatic carbocycles. The smallest absolute Gasteiger partial charge is 0.303 e. The van der Waals surface area contributed by atoms with Gasteiger partial charge in [0.25, 0.3) is 0 Å². The Hall–Kier alpha value is -1.62. The summed E-state index contributed by atoms with van der Waals surface area (Å²) in [5.74, 6) is 0.774. The lowest BCUT2D eigenvalue weighted by Crippen LogP contribution is -2.26. The van der Waals surface area contributed by atoms with Crippen molar-refractivity contribution in [2.45, 2.75) is 32.3 Å². The molecule has 0 fully saturated rings. The number of rotatable bonds is 10. The molecule has 0 saturated heterocycles. The van der Waals surface area contributed by atoms with Crippen molar-refractivity contribution in [3.05, 3.63) is 70.9 Å². The molecule has 1 atom stereocenters. The molecule has 2 radical (unpaired) electrons. The fourth-order valence-electron chi connectivity index (χ4n) is 2.87. The highest BCUT2D eigenvalue weighted by molar-refractivity contribution is 6.37. The number of carbonyl (C=O) groups is 1. The predicted molar refractivity (Wildman–Crippen MR) is 122 cm³/mol. The first-order chi connectivity index (χ1) is 14.2. The van der Waals surface area contributed by atoms with Gasteiger partial charge >= 0.3 is 5.97 Å². The molecule has 2 rings (SSSR count). The summed E-state index contributed by atoms with van der Waals surface area (Å²) in [5, 5.41) is 0.736. The van der Waals surface area contributed by atoms with Crippen LogP contribution in [0.15, 0.2) is 36.4 Å². The van der Waals surface area contributed by atoms with Crippen LogP contribution in [-0.2, 0) is 14.9 Å².